The van der Waals surface area contributed by atoms with E-state index in [9.17, 15) is 0 Å². The molecule has 1 aromatic carbocycles. The number of hydrogen-bond acceptors (Lipinski definition) is 4. The molecule has 0 atom stereocenters. The molecule has 0 aliphatic heterocycles. The van der Waals surface area contributed by atoms with Crippen molar-refractivity contribution in [2.45, 2.75) is 20.0 Å². The lowest BCUT2D eigenvalue weighted by atomic mass is 10.1. The maximum Gasteiger partial charge on any atom is 0.141 e. The second kappa shape index (κ2) is 6.29. The predicted octanol–water partition coefficient (Wildman–Crippen LogP) is 2.71. The summed E-state index contributed by atoms with van der Waals surface area (Å²) in [5.74, 6) is 1.25. The third-order valence-electron chi connectivity index (χ3n) is 2.72. The van der Waals surface area contributed by atoms with E-state index in [0.717, 1.165) is 15.1 Å². The number of anilines is 1. The maximum atomic E-state index is 5.92. The van der Waals surface area contributed by atoms with E-state index in [2.05, 4.69) is 57.7 Å². The highest BCUT2D eigenvalue weighted by atomic mass is 127. The summed E-state index contributed by atoms with van der Waals surface area (Å²) in [4.78, 5) is 8.87. The van der Waals surface area contributed by atoms with E-state index in [0.29, 0.717) is 18.8 Å². The minimum Gasteiger partial charge on any atom is -0.383 e. The van der Waals surface area contributed by atoms with Crippen molar-refractivity contribution in [3.63, 3.8) is 0 Å². The number of nitrogen functional groups attached to an aromatic ring is 1. The van der Waals surface area contributed by atoms with Gasteiger partial charge in [0.2, 0.25) is 0 Å². The summed E-state index contributed by atoms with van der Waals surface area (Å²) in [5.41, 5.74) is 9.18. The van der Waals surface area contributed by atoms with Crippen LogP contribution in [-0.2, 0) is 17.8 Å². The third-order valence-corrected chi connectivity index (χ3v) is 3.89. The van der Waals surface area contributed by atoms with Crippen LogP contribution in [0.1, 0.15) is 22.6 Å². The van der Waals surface area contributed by atoms with Gasteiger partial charge in [-0.25, -0.2) is 9.97 Å². The fraction of sp³-hybridized carbons (Fsp3) is 0.286. The van der Waals surface area contributed by atoms with Gasteiger partial charge in [-0.2, -0.15) is 0 Å². The van der Waals surface area contributed by atoms with Gasteiger partial charge in [0.15, 0.2) is 0 Å². The number of nitrogens with two attached hydrogens (primary N) is 1. The normalized spacial score (nSPS) is 10.7. The Hall–Kier alpha value is -1.21. The Labute approximate surface area is 126 Å². The summed E-state index contributed by atoms with van der Waals surface area (Å²) in [5, 5.41) is 0. The van der Waals surface area contributed by atoms with Gasteiger partial charge < -0.3 is 10.5 Å². The quantitative estimate of drug-likeness (QED) is 0.842. The van der Waals surface area contributed by atoms with Gasteiger partial charge in [-0.3, -0.25) is 0 Å². The van der Waals surface area contributed by atoms with Crippen molar-refractivity contribution >= 4 is 28.4 Å². The number of aryl methyl sites for hydroxylation is 1. The van der Waals surface area contributed by atoms with E-state index in [1.807, 2.05) is 6.07 Å². The molecule has 0 bridgehead atoms. The van der Waals surface area contributed by atoms with E-state index >= 15 is 0 Å². The van der Waals surface area contributed by atoms with Crippen molar-refractivity contribution in [2.75, 3.05) is 12.8 Å². The highest BCUT2D eigenvalue weighted by molar-refractivity contribution is 14.1. The molecule has 1 aromatic heterocycles. The Balaban J connectivity index is 2.30. The highest BCUT2D eigenvalue weighted by Gasteiger charge is 2.10. The van der Waals surface area contributed by atoms with Gasteiger partial charge in [-0.15, -0.1) is 0 Å². The fourth-order valence-electron chi connectivity index (χ4n) is 1.88. The summed E-state index contributed by atoms with van der Waals surface area (Å²) in [7, 11) is 1.65. The van der Waals surface area contributed by atoms with Crippen LogP contribution in [0.5, 0.6) is 0 Å². The topological polar surface area (TPSA) is 61.0 Å². The first-order valence-electron chi connectivity index (χ1n) is 5.95. The van der Waals surface area contributed by atoms with Gasteiger partial charge in [0.25, 0.3) is 0 Å². The first-order valence-corrected chi connectivity index (χ1v) is 7.03. The zero-order chi connectivity index (χ0) is 13.8. The van der Waals surface area contributed by atoms with Crippen LogP contribution < -0.4 is 5.73 Å². The van der Waals surface area contributed by atoms with Crippen molar-refractivity contribution in [3.05, 3.63) is 50.5 Å². The Morgan fingerprint density at radius 2 is 2.11 bits per heavy atom. The number of aromatic nitrogens is 2. The molecule has 2 N–H and O–H groups in total. The second-order valence-corrected chi connectivity index (χ2v) is 5.46. The Morgan fingerprint density at radius 1 is 1.32 bits per heavy atom. The molecule has 0 amide bonds. The van der Waals surface area contributed by atoms with Crippen LogP contribution in [-0.4, -0.2) is 17.1 Å². The van der Waals surface area contributed by atoms with Crippen molar-refractivity contribution < 1.29 is 4.74 Å². The van der Waals surface area contributed by atoms with Crippen molar-refractivity contribution in [2.24, 2.45) is 0 Å². The van der Waals surface area contributed by atoms with Crippen LogP contribution in [0.15, 0.2) is 24.3 Å². The number of ether oxygens (including phenoxy) is 1. The molecule has 0 spiro atoms. The SMILES string of the molecule is COCc1nc(Cc2cccc(C)c2)nc(N)c1I. The summed E-state index contributed by atoms with van der Waals surface area (Å²) in [6.07, 6.45) is 0.680. The van der Waals surface area contributed by atoms with Gasteiger partial charge in [-0.1, -0.05) is 29.8 Å². The molecule has 0 unspecified atom stereocenters. The van der Waals surface area contributed by atoms with Crippen LogP contribution in [0.4, 0.5) is 5.82 Å². The maximum absolute atomic E-state index is 5.92. The highest BCUT2D eigenvalue weighted by Crippen LogP contribution is 2.18. The standard InChI is InChI=1S/C14H16IN3O/c1-9-4-3-5-10(6-9)7-12-17-11(8-19-2)13(15)14(16)18-12/h3-6H,7-8H2,1-2H3,(H2,16,17,18). The van der Waals surface area contributed by atoms with Crippen LogP contribution in [0, 0.1) is 10.5 Å². The average molecular weight is 369 g/mol. The molecule has 100 valence electrons. The molecule has 4 nitrogen and oxygen atoms in total. The third kappa shape index (κ3) is 3.63. The minimum atomic E-state index is 0.450. The summed E-state index contributed by atoms with van der Waals surface area (Å²) in [6, 6.07) is 8.31. The van der Waals surface area contributed by atoms with Crippen LogP contribution in [0.3, 0.4) is 0 Å². The summed E-state index contributed by atoms with van der Waals surface area (Å²) < 4.78 is 6.01. The Kier molecular flexibility index (Phi) is 4.71. The van der Waals surface area contributed by atoms with Crippen LogP contribution in [0.25, 0.3) is 0 Å². The molecule has 0 aliphatic rings. The lowest BCUT2D eigenvalue weighted by molar-refractivity contribution is 0.180. The molecule has 5 heteroatoms. The fourth-order valence-corrected chi connectivity index (χ4v) is 2.28. The Morgan fingerprint density at radius 3 is 2.79 bits per heavy atom. The summed E-state index contributed by atoms with van der Waals surface area (Å²) in [6.45, 7) is 2.52. The predicted molar refractivity (Wildman–Crippen MR) is 83.9 cm³/mol. The Bertz CT molecular complexity index is 587. The molecule has 19 heavy (non-hydrogen) atoms. The molecule has 2 aromatic rings. The smallest absolute Gasteiger partial charge is 0.141 e. The van der Waals surface area contributed by atoms with E-state index in [1.54, 1.807) is 7.11 Å². The van der Waals surface area contributed by atoms with Gasteiger partial charge in [0, 0.05) is 13.5 Å². The van der Waals surface area contributed by atoms with Crippen molar-refractivity contribution in [3.8, 4) is 0 Å². The molecule has 0 fully saturated rings. The molecule has 1 heterocycles. The number of benzene rings is 1. The molecule has 0 radical (unpaired) electrons. The van der Waals surface area contributed by atoms with E-state index in [4.69, 9.17) is 10.5 Å². The molecule has 0 aliphatic carbocycles. The lowest BCUT2D eigenvalue weighted by Crippen LogP contribution is -2.08. The first-order chi connectivity index (χ1) is 9.10. The largest absolute Gasteiger partial charge is 0.383 e. The average Bonchev–Trinajstić information content (AvgIpc) is 2.35. The number of halogens is 1. The monoisotopic (exact) mass is 369 g/mol. The van der Waals surface area contributed by atoms with Crippen LogP contribution >= 0.6 is 22.6 Å². The first kappa shape index (κ1) is 14.2. The number of rotatable bonds is 4. The summed E-state index contributed by atoms with van der Waals surface area (Å²) >= 11 is 2.15. The second-order valence-electron chi connectivity index (χ2n) is 4.38. The van der Waals surface area contributed by atoms with Crippen LogP contribution in [0.2, 0.25) is 0 Å². The molecule has 2 rings (SSSR count). The zero-order valence-corrected chi connectivity index (χ0v) is 13.1. The molecule has 0 saturated carbocycles. The van der Waals surface area contributed by atoms with Crippen molar-refractivity contribution in [1.82, 2.24) is 9.97 Å². The van der Waals surface area contributed by atoms with E-state index in [1.165, 1.54) is 11.1 Å². The molecule has 0 saturated heterocycles. The van der Waals surface area contributed by atoms with Gasteiger partial charge >= 0.3 is 0 Å². The number of methoxy groups -OCH3 is 1. The van der Waals surface area contributed by atoms with Gasteiger partial charge in [0.1, 0.15) is 11.6 Å². The number of nitrogens with zero attached hydrogens (tertiary/aromatic N) is 2. The molecular weight excluding hydrogens is 353 g/mol. The van der Waals surface area contributed by atoms with Gasteiger partial charge in [0.05, 0.1) is 15.9 Å². The number of hydrogen-bond donors (Lipinski definition) is 1. The van der Waals surface area contributed by atoms with Crippen molar-refractivity contribution in [1.29, 1.82) is 0 Å². The van der Waals surface area contributed by atoms with E-state index in [-0.39, 0.29) is 0 Å². The zero-order valence-electron chi connectivity index (χ0n) is 11.0. The van der Waals surface area contributed by atoms with E-state index < -0.39 is 0 Å². The minimum absolute atomic E-state index is 0.450. The molecular formula is C14H16IN3O. The lowest BCUT2D eigenvalue weighted by Gasteiger charge is -2.08. The van der Waals surface area contributed by atoms with Gasteiger partial charge in [-0.05, 0) is 35.1 Å².